The summed E-state index contributed by atoms with van der Waals surface area (Å²) in [5.74, 6) is -1.17. The van der Waals surface area contributed by atoms with E-state index in [0.29, 0.717) is 19.3 Å². The second-order valence-electron chi connectivity index (χ2n) is 12.7. The second-order valence-corrected chi connectivity index (χ2v) is 12.7. The molecule has 49 heavy (non-hydrogen) atoms. The van der Waals surface area contributed by atoms with E-state index in [0.717, 1.165) is 30.7 Å². The van der Waals surface area contributed by atoms with Gasteiger partial charge in [0, 0.05) is 38.8 Å². The highest BCUT2D eigenvalue weighted by Crippen LogP contribution is 2.23. The van der Waals surface area contributed by atoms with Gasteiger partial charge in [-0.1, -0.05) is 25.7 Å². The Balaban J connectivity index is 1.39. The van der Waals surface area contributed by atoms with Gasteiger partial charge in [0.25, 0.3) is 5.91 Å². The molecule has 3 fully saturated rings. The highest BCUT2D eigenvalue weighted by atomic mass is 16.7. The Bertz CT molecular complexity index is 1020. The Labute approximate surface area is 285 Å². The van der Waals surface area contributed by atoms with Crippen molar-refractivity contribution in [3.8, 4) is 0 Å². The minimum atomic E-state index is -1.58. The third kappa shape index (κ3) is 12.3. The first kappa shape index (κ1) is 41.4. The first-order chi connectivity index (χ1) is 23.3. The Morgan fingerprint density at radius 2 is 1.35 bits per heavy atom. The predicted octanol–water partition coefficient (Wildman–Crippen LogP) is -2.61. The van der Waals surface area contributed by atoms with Gasteiger partial charge in [0.05, 0.1) is 25.9 Å². The van der Waals surface area contributed by atoms with Gasteiger partial charge in [0.1, 0.15) is 42.7 Å². The Morgan fingerprint density at radius 3 is 1.98 bits per heavy atom. The minimum Gasteiger partial charge on any atom is -0.394 e. The first-order valence-corrected chi connectivity index (χ1v) is 17.1. The number of unbranched alkanes of at least 4 members (excludes halogenated alkanes) is 5. The Morgan fingerprint density at radius 1 is 0.755 bits per heavy atom. The number of carbonyl (C=O) groups excluding carboxylic acids is 3. The molecule has 18 nitrogen and oxygen atoms in total. The second kappa shape index (κ2) is 20.7. The van der Waals surface area contributed by atoms with Gasteiger partial charge in [-0.2, -0.15) is 0 Å². The summed E-state index contributed by atoms with van der Waals surface area (Å²) in [7, 11) is 0. The average Bonchev–Trinajstić information content (AvgIpc) is 3.39. The van der Waals surface area contributed by atoms with Gasteiger partial charge in [0.15, 0.2) is 18.8 Å². The molecule has 0 aromatic rings. The summed E-state index contributed by atoms with van der Waals surface area (Å²) >= 11 is 0. The van der Waals surface area contributed by atoms with Crippen LogP contribution in [0, 0.1) is 0 Å². The molecule has 18 heteroatoms. The van der Waals surface area contributed by atoms with Crippen molar-refractivity contribution in [2.75, 3.05) is 32.9 Å². The van der Waals surface area contributed by atoms with E-state index in [-0.39, 0.29) is 57.9 Å². The fourth-order valence-electron chi connectivity index (χ4n) is 5.78. The summed E-state index contributed by atoms with van der Waals surface area (Å²) < 4.78 is 21.9. The van der Waals surface area contributed by atoms with Crippen LogP contribution in [0.3, 0.4) is 0 Å². The summed E-state index contributed by atoms with van der Waals surface area (Å²) in [5.41, 5.74) is 0. The van der Waals surface area contributed by atoms with Crippen LogP contribution in [0.1, 0.15) is 77.6 Å². The van der Waals surface area contributed by atoms with Gasteiger partial charge in [-0.3, -0.25) is 9.59 Å². The lowest BCUT2D eigenvalue weighted by Crippen LogP contribution is -2.59. The van der Waals surface area contributed by atoms with E-state index >= 15 is 0 Å². The van der Waals surface area contributed by atoms with E-state index in [1.54, 1.807) is 0 Å². The average molecular weight is 711 g/mol. The molecule has 3 aliphatic heterocycles. The lowest BCUT2D eigenvalue weighted by Gasteiger charge is -2.39. The van der Waals surface area contributed by atoms with Crippen molar-refractivity contribution in [2.45, 2.75) is 145 Å². The zero-order valence-corrected chi connectivity index (χ0v) is 27.9. The number of hydrogen-bond acceptors (Lipinski definition) is 16. The molecule has 2 amide bonds. The molecule has 0 aromatic heterocycles. The van der Waals surface area contributed by atoms with E-state index in [9.17, 15) is 55.2 Å². The fourth-order valence-corrected chi connectivity index (χ4v) is 5.78. The maximum Gasteiger partial charge on any atom is 0.332 e. The van der Waals surface area contributed by atoms with E-state index < -0.39 is 86.1 Å². The van der Waals surface area contributed by atoms with Crippen molar-refractivity contribution in [2.24, 2.45) is 0 Å². The molecule has 11 atom stereocenters. The summed E-state index contributed by atoms with van der Waals surface area (Å²) in [6, 6.07) is 0. The Hall–Kier alpha value is -2.07. The molecule has 3 aliphatic rings. The zero-order valence-electron chi connectivity index (χ0n) is 27.9. The largest absolute Gasteiger partial charge is 0.394 e. The maximum atomic E-state index is 13.2. The van der Waals surface area contributed by atoms with Crippen LogP contribution in [0.4, 0.5) is 0 Å². The quantitative estimate of drug-likeness (QED) is 0.0602. The molecular formula is C31H54N2O16. The molecule has 3 rings (SSSR count). The van der Waals surface area contributed by atoms with E-state index in [1.807, 2.05) is 0 Å². The third-order valence-corrected chi connectivity index (χ3v) is 8.86. The number of aliphatic hydroxyl groups excluding tert-OH is 8. The monoisotopic (exact) mass is 710 g/mol. The molecule has 3 heterocycles. The van der Waals surface area contributed by atoms with Crippen molar-refractivity contribution >= 4 is 17.8 Å². The van der Waals surface area contributed by atoms with Crippen molar-refractivity contribution < 1.29 is 79.0 Å². The van der Waals surface area contributed by atoms with Crippen molar-refractivity contribution in [3.63, 3.8) is 0 Å². The number of hydroxylamine groups is 2. The van der Waals surface area contributed by atoms with Crippen LogP contribution < -0.4 is 0 Å². The molecule has 0 saturated carbocycles. The smallest absolute Gasteiger partial charge is 0.332 e. The number of aliphatic hydroxyl groups is 8. The topological polar surface area (TPSA) is 266 Å². The minimum absolute atomic E-state index is 0.00182. The van der Waals surface area contributed by atoms with Crippen molar-refractivity contribution in [1.29, 1.82) is 0 Å². The third-order valence-electron chi connectivity index (χ3n) is 8.86. The van der Waals surface area contributed by atoms with E-state index in [4.69, 9.17) is 23.8 Å². The zero-order chi connectivity index (χ0) is 36.1. The van der Waals surface area contributed by atoms with Crippen LogP contribution in [-0.2, 0) is 38.2 Å². The van der Waals surface area contributed by atoms with Gasteiger partial charge in [-0.05, 0) is 26.2 Å². The molecule has 3 saturated heterocycles. The number of rotatable bonds is 20. The van der Waals surface area contributed by atoms with Gasteiger partial charge >= 0.3 is 5.97 Å². The van der Waals surface area contributed by atoms with Crippen LogP contribution in [-0.4, -0.2) is 169 Å². The molecule has 0 spiro atoms. The highest BCUT2D eigenvalue weighted by Gasteiger charge is 2.44. The first-order valence-electron chi connectivity index (χ1n) is 17.1. The van der Waals surface area contributed by atoms with Gasteiger partial charge in [-0.15, -0.1) is 5.06 Å². The van der Waals surface area contributed by atoms with Gasteiger partial charge < -0.3 is 69.5 Å². The van der Waals surface area contributed by atoms with E-state index in [1.165, 1.54) is 11.8 Å². The number of nitrogens with zero attached hydrogens (tertiary/aromatic N) is 2. The van der Waals surface area contributed by atoms with Gasteiger partial charge in [-0.25, -0.2) is 4.79 Å². The normalized spacial score (nSPS) is 33.5. The summed E-state index contributed by atoms with van der Waals surface area (Å²) in [6.07, 6.45) is -9.08. The molecule has 0 aliphatic carbocycles. The molecule has 284 valence electrons. The molecule has 8 N–H and O–H groups in total. The summed E-state index contributed by atoms with van der Waals surface area (Å²) in [6.45, 7) is 1.20. The van der Waals surface area contributed by atoms with Crippen LogP contribution in [0.2, 0.25) is 0 Å². The van der Waals surface area contributed by atoms with Crippen LogP contribution >= 0.6 is 0 Å². The molecule has 11 unspecified atom stereocenters. The lowest BCUT2D eigenvalue weighted by molar-refractivity contribution is -0.301. The van der Waals surface area contributed by atoms with Gasteiger partial charge in [0.2, 0.25) is 5.91 Å². The van der Waals surface area contributed by atoms with Crippen LogP contribution in [0.5, 0.6) is 0 Å². The summed E-state index contributed by atoms with van der Waals surface area (Å²) in [4.78, 5) is 43.2. The molecule has 0 bridgehead atoms. The van der Waals surface area contributed by atoms with E-state index in [2.05, 4.69) is 0 Å². The standard InChI is InChI=1S/C31H54N2O16/c1-18-24(39)26(41)28(43)30(47-18)46-16-14-32(13-8-15-45-31-29(44)27(42)25(40)19(17-34)48-31)20(35)9-6-4-2-3-5-7-10-23(38)49-33-21(36)11-12-22(33)37/h18-19,21,24-31,34,36,39-44H,2-17H2,1H3. The number of amides is 2. The Kier molecular flexibility index (Phi) is 17.5. The number of hydrogen-bond donors (Lipinski definition) is 8. The van der Waals surface area contributed by atoms with Crippen LogP contribution in [0.15, 0.2) is 0 Å². The molecule has 0 radical (unpaired) electrons. The maximum absolute atomic E-state index is 13.2. The fraction of sp³-hybridized carbons (Fsp3) is 0.903. The number of ether oxygens (including phenoxy) is 4. The number of carbonyl (C=O) groups is 3. The lowest BCUT2D eigenvalue weighted by atomic mass is 9.99. The highest BCUT2D eigenvalue weighted by molar-refractivity contribution is 5.79. The van der Waals surface area contributed by atoms with Crippen LogP contribution in [0.25, 0.3) is 0 Å². The molecule has 0 aromatic carbocycles. The van der Waals surface area contributed by atoms with Crippen molar-refractivity contribution in [3.05, 3.63) is 0 Å². The molecular weight excluding hydrogens is 656 g/mol. The predicted molar refractivity (Wildman–Crippen MR) is 164 cm³/mol. The van der Waals surface area contributed by atoms with Crippen molar-refractivity contribution in [1.82, 2.24) is 9.96 Å². The SMILES string of the molecule is CC1OC(OCCN(CCCOC2OC(CO)C(O)C(O)C2O)C(=O)CCCCCCCCC(=O)ON2C(=O)CCC2O)C(O)C(O)C1O. The summed E-state index contributed by atoms with van der Waals surface area (Å²) in [5, 5.41) is 80.0.